The Morgan fingerprint density at radius 2 is 1.91 bits per heavy atom. The van der Waals surface area contributed by atoms with Crippen LogP contribution in [0.25, 0.3) is 16.7 Å². The summed E-state index contributed by atoms with van der Waals surface area (Å²) < 4.78 is 17.4. The second kappa shape index (κ2) is 5.31. The number of benzene rings is 1. The van der Waals surface area contributed by atoms with E-state index in [-0.39, 0.29) is 5.56 Å². The van der Waals surface area contributed by atoms with E-state index in [1.807, 2.05) is 13.8 Å². The molecule has 22 heavy (non-hydrogen) atoms. The summed E-state index contributed by atoms with van der Waals surface area (Å²) in [6, 6.07) is 3.15. The minimum atomic E-state index is -0.402. The molecular formula is C15H12Br2FN3O. The summed E-state index contributed by atoms with van der Waals surface area (Å²) in [5.74, 6) is 0.0888. The van der Waals surface area contributed by atoms with Crippen LogP contribution in [0.5, 0.6) is 0 Å². The molecule has 0 atom stereocenters. The van der Waals surface area contributed by atoms with E-state index in [1.54, 1.807) is 17.6 Å². The quantitative estimate of drug-likeness (QED) is 0.628. The highest BCUT2D eigenvalue weighted by Crippen LogP contribution is 2.33. The number of nitrogens with one attached hydrogen (secondary N) is 1. The summed E-state index contributed by atoms with van der Waals surface area (Å²) in [6.45, 7) is 5.39. The highest BCUT2D eigenvalue weighted by molar-refractivity contribution is 9.11. The molecule has 0 aliphatic rings. The molecule has 2 heterocycles. The van der Waals surface area contributed by atoms with Gasteiger partial charge in [0, 0.05) is 14.6 Å². The Bertz CT molecular complexity index is 952. The number of nitrogens with zero attached hydrogens (tertiary/aromatic N) is 2. The first kappa shape index (κ1) is 15.4. The van der Waals surface area contributed by atoms with Crippen molar-refractivity contribution in [2.24, 2.45) is 0 Å². The molecule has 4 nitrogen and oxygen atoms in total. The smallest absolute Gasteiger partial charge is 0.260 e. The predicted octanol–water partition coefficient (Wildman–Crippen LogP) is 4.30. The van der Waals surface area contributed by atoms with Gasteiger partial charge in [0.05, 0.1) is 11.1 Å². The molecule has 0 aliphatic carbocycles. The Morgan fingerprint density at radius 3 is 2.55 bits per heavy atom. The molecule has 0 aliphatic heterocycles. The van der Waals surface area contributed by atoms with Crippen molar-refractivity contribution < 1.29 is 4.39 Å². The van der Waals surface area contributed by atoms with Gasteiger partial charge in [0.2, 0.25) is 0 Å². The second-order valence-electron chi connectivity index (χ2n) is 5.11. The first-order valence-corrected chi connectivity index (χ1v) is 8.13. The molecular weight excluding hydrogens is 417 g/mol. The van der Waals surface area contributed by atoms with Gasteiger partial charge in [0.15, 0.2) is 5.65 Å². The molecule has 3 aromatic rings. The van der Waals surface area contributed by atoms with Gasteiger partial charge in [0.25, 0.3) is 5.56 Å². The van der Waals surface area contributed by atoms with Crippen molar-refractivity contribution in [1.82, 2.24) is 14.5 Å². The molecule has 114 valence electrons. The van der Waals surface area contributed by atoms with E-state index in [2.05, 4.69) is 41.8 Å². The van der Waals surface area contributed by atoms with Crippen LogP contribution in [0, 0.1) is 26.6 Å². The van der Waals surface area contributed by atoms with E-state index in [4.69, 9.17) is 0 Å². The van der Waals surface area contributed by atoms with E-state index in [9.17, 15) is 9.18 Å². The fourth-order valence-electron chi connectivity index (χ4n) is 2.60. The third-order valence-electron chi connectivity index (χ3n) is 3.69. The van der Waals surface area contributed by atoms with Crippen LogP contribution in [0.2, 0.25) is 0 Å². The summed E-state index contributed by atoms with van der Waals surface area (Å²) in [4.78, 5) is 19.3. The van der Waals surface area contributed by atoms with Crippen molar-refractivity contribution in [3.8, 4) is 5.69 Å². The van der Waals surface area contributed by atoms with Crippen molar-refractivity contribution in [3.05, 3.63) is 54.3 Å². The van der Waals surface area contributed by atoms with Crippen molar-refractivity contribution >= 4 is 42.9 Å². The molecule has 0 saturated heterocycles. The zero-order valence-electron chi connectivity index (χ0n) is 12.1. The lowest BCUT2D eigenvalue weighted by Gasteiger charge is -2.12. The summed E-state index contributed by atoms with van der Waals surface area (Å²) in [6.07, 6.45) is 0. The third-order valence-corrected chi connectivity index (χ3v) is 4.75. The van der Waals surface area contributed by atoms with Crippen molar-refractivity contribution in [3.63, 3.8) is 0 Å². The highest BCUT2D eigenvalue weighted by atomic mass is 79.9. The van der Waals surface area contributed by atoms with Gasteiger partial charge < -0.3 is 4.98 Å². The molecule has 0 bridgehead atoms. The number of hydrogen-bond acceptors (Lipinski definition) is 2. The maximum atomic E-state index is 14.5. The lowest BCUT2D eigenvalue weighted by Crippen LogP contribution is -2.11. The Labute approximate surface area is 142 Å². The Kier molecular flexibility index (Phi) is 3.72. The highest BCUT2D eigenvalue weighted by Gasteiger charge is 2.21. The lowest BCUT2D eigenvalue weighted by molar-refractivity contribution is 0.616. The number of aromatic nitrogens is 3. The van der Waals surface area contributed by atoms with Crippen LogP contribution in [-0.4, -0.2) is 14.5 Å². The Balaban J connectivity index is 2.53. The average Bonchev–Trinajstić information content (AvgIpc) is 2.62. The monoisotopic (exact) mass is 427 g/mol. The third kappa shape index (κ3) is 2.23. The van der Waals surface area contributed by atoms with E-state index < -0.39 is 5.82 Å². The molecule has 0 radical (unpaired) electrons. The second-order valence-corrected chi connectivity index (χ2v) is 6.88. The van der Waals surface area contributed by atoms with Gasteiger partial charge in [-0.2, -0.15) is 0 Å². The normalized spacial score (nSPS) is 11.4. The molecule has 0 saturated carbocycles. The summed E-state index contributed by atoms with van der Waals surface area (Å²) in [5.41, 5.74) is 2.16. The van der Waals surface area contributed by atoms with Gasteiger partial charge in [0.1, 0.15) is 11.6 Å². The van der Waals surface area contributed by atoms with Crippen LogP contribution >= 0.6 is 31.9 Å². The number of aromatic amines is 1. The molecule has 0 amide bonds. The molecule has 1 aromatic carbocycles. The van der Waals surface area contributed by atoms with Gasteiger partial charge in [-0.05, 0) is 54.4 Å². The number of hydrogen-bond donors (Lipinski definition) is 1. The number of rotatable bonds is 1. The molecule has 7 heteroatoms. The topological polar surface area (TPSA) is 50.7 Å². The van der Waals surface area contributed by atoms with Gasteiger partial charge in [-0.25, -0.2) is 9.37 Å². The van der Waals surface area contributed by atoms with E-state index in [0.29, 0.717) is 31.5 Å². The largest absolute Gasteiger partial charge is 0.310 e. The maximum absolute atomic E-state index is 14.5. The Hall–Kier alpha value is -1.47. The minimum absolute atomic E-state index is 0.213. The minimum Gasteiger partial charge on any atom is -0.310 e. The number of H-pyrrole nitrogens is 1. The van der Waals surface area contributed by atoms with E-state index >= 15 is 0 Å². The Morgan fingerprint density at radius 1 is 1.23 bits per heavy atom. The van der Waals surface area contributed by atoms with Gasteiger partial charge >= 0.3 is 0 Å². The van der Waals surface area contributed by atoms with E-state index in [0.717, 1.165) is 11.3 Å². The average molecular weight is 429 g/mol. The molecule has 0 unspecified atom stereocenters. The fourth-order valence-corrected chi connectivity index (χ4v) is 3.95. The first-order chi connectivity index (χ1) is 10.3. The first-order valence-electron chi connectivity index (χ1n) is 6.54. The predicted molar refractivity (Wildman–Crippen MR) is 91.3 cm³/mol. The van der Waals surface area contributed by atoms with Crippen LogP contribution in [0.3, 0.4) is 0 Å². The van der Waals surface area contributed by atoms with Crippen LogP contribution in [0.4, 0.5) is 4.39 Å². The standard InChI is InChI=1S/C15H12Br2FN3O/c1-6-7(2)21(13-10(17)4-9(16)5-11(13)18)14-12(6)15(22)20-8(3)19-14/h4-5H,1-3H3,(H,19,20,22). The van der Waals surface area contributed by atoms with Crippen LogP contribution in [-0.2, 0) is 0 Å². The van der Waals surface area contributed by atoms with Gasteiger partial charge in [-0.1, -0.05) is 15.9 Å². The molecule has 1 N–H and O–H groups in total. The van der Waals surface area contributed by atoms with Gasteiger partial charge in [-0.15, -0.1) is 0 Å². The van der Waals surface area contributed by atoms with Crippen molar-refractivity contribution in [1.29, 1.82) is 0 Å². The molecule has 0 spiro atoms. The summed E-state index contributed by atoms with van der Waals surface area (Å²) in [7, 11) is 0. The van der Waals surface area contributed by atoms with Crippen LogP contribution in [0.1, 0.15) is 17.1 Å². The van der Waals surface area contributed by atoms with Crippen LogP contribution in [0.15, 0.2) is 25.9 Å². The maximum Gasteiger partial charge on any atom is 0.260 e. The van der Waals surface area contributed by atoms with Crippen molar-refractivity contribution in [2.45, 2.75) is 20.8 Å². The number of aryl methyl sites for hydroxylation is 2. The summed E-state index contributed by atoms with van der Waals surface area (Å²) >= 11 is 6.66. The number of fused-ring (bicyclic) bond motifs is 1. The molecule has 3 rings (SSSR count). The molecule has 0 fully saturated rings. The summed E-state index contributed by atoms with van der Waals surface area (Å²) in [5, 5.41) is 0.484. The fraction of sp³-hybridized carbons (Fsp3) is 0.200. The van der Waals surface area contributed by atoms with Crippen LogP contribution < -0.4 is 5.56 Å². The zero-order chi connectivity index (χ0) is 16.2. The van der Waals surface area contributed by atoms with Gasteiger partial charge in [-0.3, -0.25) is 9.36 Å². The van der Waals surface area contributed by atoms with E-state index in [1.165, 1.54) is 6.07 Å². The SMILES string of the molecule is Cc1nc2c(c(C)c(C)n2-c2c(F)cc(Br)cc2Br)c(=O)[nH]1. The lowest BCUT2D eigenvalue weighted by atomic mass is 10.2. The number of halogens is 3. The molecule has 2 aromatic heterocycles. The van der Waals surface area contributed by atoms with Crippen molar-refractivity contribution in [2.75, 3.05) is 0 Å². The zero-order valence-corrected chi connectivity index (χ0v) is 15.3.